The first kappa shape index (κ1) is 12.2. The van der Waals surface area contributed by atoms with E-state index in [-0.39, 0.29) is 6.29 Å². The van der Waals surface area contributed by atoms with Crippen molar-refractivity contribution in [3.63, 3.8) is 0 Å². The van der Waals surface area contributed by atoms with Gasteiger partial charge in [0.2, 0.25) is 0 Å². The molecule has 1 aromatic rings. The molecule has 3 aliphatic heterocycles. The van der Waals surface area contributed by atoms with Crippen LogP contribution < -0.4 is 4.90 Å². The molecule has 0 N–H and O–H groups in total. The van der Waals surface area contributed by atoms with Gasteiger partial charge < -0.3 is 14.4 Å². The van der Waals surface area contributed by atoms with Crippen LogP contribution in [0.25, 0.3) is 0 Å². The summed E-state index contributed by atoms with van der Waals surface area (Å²) in [7, 11) is 0. The van der Waals surface area contributed by atoms with Crippen molar-refractivity contribution in [3.05, 3.63) is 27.2 Å². The lowest BCUT2D eigenvalue weighted by atomic mass is 9.90. The van der Waals surface area contributed by atoms with E-state index in [4.69, 9.17) is 9.47 Å². The van der Waals surface area contributed by atoms with Gasteiger partial charge in [-0.15, -0.1) is 0 Å². The van der Waals surface area contributed by atoms with Crippen LogP contribution in [0.5, 0.6) is 0 Å². The molecule has 3 heterocycles. The molecule has 19 heavy (non-hydrogen) atoms. The minimum atomic E-state index is -0.173. The van der Waals surface area contributed by atoms with E-state index in [1.54, 1.807) is 0 Å². The zero-order valence-electron chi connectivity index (χ0n) is 11.0. The third-order valence-corrected chi connectivity index (χ3v) is 5.30. The Labute approximate surface area is 122 Å². The highest BCUT2D eigenvalue weighted by molar-refractivity contribution is 9.10. The Balaban J connectivity index is 1.86. The molecular weight excluding hydrogens is 306 g/mol. The van der Waals surface area contributed by atoms with Crippen LogP contribution in [0.15, 0.2) is 10.5 Å². The topological polar surface area (TPSA) is 21.7 Å². The Bertz CT molecular complexity index is 509. The number of anilines is 1. The van der Waals surface area contributed by atoms with Crippen LogP contribution in [0.4, 0.5) is 5.69 Å². The van der Waals surface area contributed by atoms with Gasteiger partial charge in [-0.2, -0.15) is 0 Å². The van der Waals surface area contributed by atoms with Crippen LogP contribution in [0.1, 0.15) is 35.8 Å². The van der Waals surface area contributed by atoms with Gasteiger partial charge in [-0.1, -0.05) is 0 Å². The molecule has 1 saturated heterocycles. The lowest BCUT2D eigenvalue weighted by Crippen LogP contribution is -2.35. The van der Waals surface area contributed by atoms with Gasteiger partial charge >= 0.3 is 0 Å². The van der Waals surface area contributed by atoms with Gasteiger partial charge in [-0.3, -0.25) is 0 Å². The summed E-state index contributed by atoms with van der Waals surface area (Å²) in [6.45, 7) is 3.83. The maximum atomic E-state index is 5.69. The van der Waals surface area contributed by atoms with E-state index in [0.29, 0.717) is 13.2 Å². The molecule has 102 valence electrons. The highest BCUT2D eigenvalue weighted by Gasteiger charge is 2.30. The predicted octanol–water partition coefficient (Wildman–Crippen LogP) is 3.19. The largest absolute Gasteiger partial charge is 0.371 e. The van der Waals surface area contributed by atoms with Crippen molar-refractivity contribution in [1.82, 2.24) is 0 Å². The molecule has 0 aliphatic carbocycles. The molecule has 3 aliphatic rings. The van der Waals surface area contributed by atoms with Crippen LogP contribution >= 0.6 is 15.9 Å². The molecule has 0 atom stereocenters. The number of hydrogen-bond acceptors (Lipinski definition) is 3. The zero-order valence-corrected chi connectivity index (χ0v) is 12.5. The van der Waals surface area contributed by atoms with Gasteiger partial charge in [-0.25, -0.2) is 0 Å². The predicted molar refractivity (Wildman–Crippen MR) is 77.6 cm³/mol. The van der Waals surface area contributed by atoms with E-state index in [0.717, 1.165) is 0 Å². The molecule has 0 spiro atoms. The molecule has 0 saturated carbocycles. The molecular formula is C15H18BrNO2. The molecule has 0 bridgehead atoms. The van der Waals surface area contributed by atoms with Crippen LogP contribution in [-0.4, -0.2) is 26.3 Å². The van der Waals surface area contributed by atoms with Gasteiger partial charge in [-0.05, 0) is 58.8 Å². The Hall–Kier alpha value is -0.580. The second-order valence-electron chi connectivity index (χ2n) is 5.53. The molecule has 0 unspecified atom stereocenters. The average molecular weight is 324 g/mol. The van der Waals surface area contributed by atoms with Crippen molar-refractivity contribution < 1.29 is 9.47 Å². The second kappa shape index (κ2) is 4.76. The zero-order chi connectivity index (χ0) is 12.8. The van der Waals surface area contributed by atoms with Crippen molar-refractivity contribution in [1.29, 1.82) is 0 Å². The first-order valence-electron chi connectivity index (χ1n) is 7.17. The average Bonchev–Trinajstić information content (AvgIpc) is 2.97. The summed E-state index contributed by atoms with van der Waals surface area (Å²) in [4.78, 5) is 2.56. The van der Waals surface area contributed by atoms with E-state index in [1.165, 1.54) is 65.6 Å². The second-order valence-corrected chi connectivity index (χ2v) is 6.33. The summed E-state index contributed by atoms with van der Waals surface area (Å²) in [5, 5.41) is 0. The fourth-order valence-corrected chi connectivity index (χ4v) is 4.24. The smallest absolute Gasteiger partial charge is 0.185 e. The van der Waals surface area contributed by atoms with E-state index in [9.17, 15) is 0 Å². The number of hydrogen-bond donors (Lipinski definition) is 0. The summed E-state index contributed by atoms with van der Waals surface area (Å²) >= 11 is 3.81. The molecule has 4 heteroatoms. The van der Waals surface area contributed by atoms with Gasteiger partial charge in [0.05, 0.1) is 13.2 Å². The normalized spacial score (nSPS) is 22.7. The van der Waals surface area contributed by atoms with Gasteiger partial charge in [0.15, 0.2) is 6.29 Å². The molecule has 3 nitrogen and oxygen atoms in total. The molecule has 0 aromatic heterocycles. The SMILES string of the molecule is Brc1c(C2OCCO2)cc2c3c1CCCN3CCC2. The molecule has 4 rings (SSSR count). The summed E-state index contributed by atoms with van der Waals surface area (Å²) < 4.78 is 12.6. The fraction of sp³-hybridized carbons (Fsp3) is 0.600. The number of halogens is 1. The molecule has 1 aromatic carbocycles. The summed E-state index contributed by atoms with van der Waals surface area (Å²) in [6, 6.07) is 2.30. The van der Waals surface area contributed by atoms with Crippen LogP contribution in [-0.2, 0) is 22.3 Å². The molecule has 0 amide bonds. The van der Waals surface area contributed by atoms with Crippen LogP contribution in [0.3, 0.4) is 0 Å². The summed E-state index contributed by atoms with van der Waals surface area (Å²) in [5.74, 6) is 0. The standard InChI is InChI=1S/C15H18BrNO2/c16-13-11-4-2-6-17-5-1-3-10(14(11)17)9-12(13)15-18-7-8-19-15/h9,15H,1-8H2. The van der Waals surface area contributed by atoms with Gasteiger partial charge in [0, 0.05) is 28.8 Å². The third-order valence-electron chi connectivity index (χ3n) is 4.36. The van der Waals surface area contributed by atoms with Gasteiger partial charge in [0.1, 0.15) is 0 Å². The molecule has 1 fully saturated rings. The Kier molecular flexibility index (Phi) is 3.05. The Morgan fingerprint density at radius 3 is 2.63 bits per heavy atom. The number of nitrogens with zero attached hydrogens (tertiary/aromatic N) is 1. The van der Waals surface area contributed by atoms with Gasteiger partial charge in [0.25, 0.3) is 0 Å². The molecule has 0 radical (unpaired) electrons. The van der Waals surface area contributed by atoms with Crippen LogP contribution in [0, 0.1) is 0 Å². The van der Waals surface area contributed by atoms with Crippen molar-refractivity contribution in [2.45, 2.75) is 32.0 Å². The summed E-state index contributed by atoms with van der Waals surface area (Å²) in [5.41, 5.74) is 5.64. The van der Waals surface area contributed by atoms with E-state index in [1.807, 2.05) is 0 Å². The lowest BCUT2D eigenvalue weighted by molar-refractivity contribution is -0.0447. The third kappa shape index (κ3) is 1.92. The van der Waals surface area contributed by atoms with Crippen LogP contribution in [0.2, 0.25) is 0 Å². The minimum absolute atomic E-state index is 0.173. The van der Waals surface area contributed by atoms with E-state index < -0.39 is 0 Å². The van der Waals surface area contributed by atoms with E-state index >= 15 is 0 Å². The van der Waals surface area contributed by atoms with Crippen molar-refractivity contribution in [2.24, 2.45) is 0 Å². The number of aryl methyl sites for hydroxylation is 1. The number of ether oxygens (including phenoxy) is 2. The highest BCUT2D eigenvalue weighted by atomic mass is 79.9. The highest BCUT2D eigenvalue weighted by Crippen LogP contribution is 2.43. The summed E-state index contributed by atoms with van der Waals surface area (Å²) in [6.07, 6.45) is 4.69. The van der Waals surface area contributed by atoms with Crippen molar-refractivity contribution >= 4 is 21.6 Å². The first-order chi connectivity index (χ1) is 9.34. The number of benzene rings is 1. The fourth-order valence-electron chi connectivity index (χ4n) is 3.56. The Morgan fingerprint density at radius 2 is 1.84 bits per heavy atom. The first-order valence-corrected chi connectivity index (χ1v) is 7.96. The number of rotatable bonds is 1. The monoisotopic (exact) mass is 323 g/mol. The maximum absolute atomic E-state index is 5.69. The van der Waals surface area contributed by atoms with Crippen molar-refractivity contribution in [2.75, 3.05) is 31.2 Å². The van der Waals surface area contributed by atoms with E-state index in [2.05, 4.69) is 26.9 Å². The lowest BCUT2D eigenvalue weighted by Gasteiger charge is -2.38. The Morgan fingerprint density at radius 1 is 1.11 bits per heavy atom. The maximum Gasteiger partial charge on any atom is 0.185 e. The minimum Gasteiger partial charge on any atom is -0.371 e. The van der Waals surface area contributed by atoms with Crippen molar-refractivity contribution in [3.8, 4) is 0 Å². The quantitative estimate of drug-likeness (QED) is 0.792.